The van der Waals surface area contributed by atoms with Gasteiger partial charge in [0.05, 0.1) is 11.9 Å². The van der Waals surface area contributed by atoms with Crippen LogP contribution in [0.2, 0.25) is 0 Å². The molecule has 1 aliphatic heterocycles. The second-order valence-corrected chi connectivity index (χ2v) is 9.90. The Hall–Kier alpha value is -1.58. The van der Waals surface area contributed by atoms with E-state index in [1.165, 1.54) is 58.6 Å². The molecule has 11 heteroatoms. The van der Waals surface area contributed by atoms with Gasteiger partial charge in [-0.15, -0.1) is 0 Å². The molecule has 33 heavy (non-hydrogen) atoms. The summed E-state index contributed by atoms with van der Waals surface area (Å²) in [6.45, 7) is 4.47. The van der Waals surface area contributed by atoms with E-state index in [-0.39, 0.29) is 13.2 Å². The van der Waals surface area contributed by atoms with Gasteiger partial charge in [0.15, 0.2) is 11.9 Å². The van der Waals surface area contributed by atoms with Crippen LogP contribution in [-0.4, -0.2) is 57.0 Å². The molecule has 0 aromatic heterocycles. The molecule has 0 aliphatic carbocycles. The Morgan fingerprint density at radius 3 is 2.30 bits per heavy atom. The molecule has 0 fully saturated rings. The number of carbonyl (C=O) groups excluding carboxylic acids is 1. The molecule has 0 amide bonds. The Labute approximate surface area is 195 Å². The van der Waals surface area contributed by atoms with Crippen molar-refractivity contribution in [2.24, 2.45) is 0 Å². The average Bonchev–Trinajstić information content (AvgIpc) is 3.00. The fourth-order valence-electron chi connectivity index (χ4n) is 3.08. The number of aliphatic hydroxyl groups is 2. The van der Waals surface area contributed by atoms with Gasteiger partial charge in [-0.2, -0.15) is 0 Å². The smallest absolute Gasteiger partial charge is 0.499 e. The van der Waals surface area contributed by atoms with Gasteiger partial charge in [-0.1, -0.05) is 51.9 Å². The number of phosphoric ester groups is 1. The first-order chi connectivity index (χ1) is 15.4. The lowest BCUT2D eigenvalue weighted by Crippen LogP contribution is -2.35. The Morgan fingerprint density at radius 1 is 1.12 bits per heavy atom. The van der Waals surface area contributed by atoms with Crippen molar-refractivity contribution in [2.75, 3.05) is 13.2 Å². The number of phosphoric acid groups is 1. The van der Waals surface area contributed by atoms with Gasteiger partial charge in [-0.05, 0) is 32.8 Å². The van der Waals surface area contributed by atoms with E-state index in [1.807, 2.05) is 6.08 Å². The van der Waals surface area contributed by atoms with E-state index in [9.17, 15) is 19.6 Å². The summed E-state index contributed by atoms with van der Waals surface area (Å²) in [6.07, 6.45) is 11.1. The highest BCUT2D eigenvalue weighted by atomic mass is 31.2. The molecule has 4 N–H and O–H groups in total. The zero-order valence-corrected chi connectivity index (χ0v) is 20.7. The zero-order chi connectivity index (χ0) is 24.9. The number of rotatable bonds is 18. The zero-order valence-electron chi connectivity index (χ0n) is 19.8. The highest BCUT2D eigenvalue weighted by Crippen LogP contribution is 2.43. The number of ether oxygens (including phenoxy) is 3. The van der Waals surface area contributed by atoms with Crippen LogP contribution in [0.3, 0.4) is 0 Å². The van der Waals surface area contributed by atoms with Gasteiger partial charge in [-0.3, -0.25) is 9.79 Å². The summed E-state index contributed by atoms with van der Waals surface area (Å²) in [5.41, 5.74) is -1.32. The van der Waals surface area contributed by atoms with E-state index < -0.39 is 43.1 Å². The Morgan fingerprint density at radius 2 is 1.73 bits per heavy atom. The van der Waals surface area contributed by atoms with Crippen LogP contribution in [0.1, 0.15) is 78.6 Å². The normalized spacial score (nSPS) is 18.0. The van der Waals surface area contributed by atoms with E-state index in [2.05, 4.69) is 11.4 Å². The monoisotopic (exact) mass is 494 g/mol. The lowest BCUT2D eigenvalue weighted by Gasteiger charge is -2.23. The molecule has 1 aliphatic rings. The number of esters is 1. The Bertz CT molecular complexity index is 692. The van der Waals surface area contributed by atoms with Crippen molar-refractivity contribution in [1.82, 2.24) is 0 Å². The summed E-state index contributed by atoms with van der Waals surface area (Å²) in [4.78, 5) is 30.1. The molecule has 0 aromatic rings. The van der Waals surface area contributed by atoms with E-state index in [4.69, 9.17) is 24.0 Å². The van der Waals surface area contributed by atoms with Crippen LogP contribution >= 0.6 is 7.82 Å². The predicted octanol–water partition coefficient (Wildman–Crippen LogP) is 3.44. The van der Waals surface area contributed by atoms with Crippen LogP contribution in [0.15, 0.2) is 23.9 Å². The van der Waals surface area contributed by atoms with Gasteiger partial charge in [0.2, 0.25) is 0 Å². The molecule has 0 aromatic carbocycles. The van der Waals surface area contributed by atoms with Crippen molar-refractivity contribution >= 4 is 13.8 Å². The molecule has 0 radical (unpaired) electrons. The molecule has 0 saturated heterocycles. The average molecular weight is 495 g/mol. The van der Waals surface area contributed by atoms with Crippen LogP contribution < -0.4 is 0 Å². The molecule has 0 saturated carbocycles. The van der Waals surface area contributed by atoms with Gasteiger partial charge in [0, 0.05) is 0 Å². The quantitative estimate of drug-likeness (QED) is 0.0965. The van der Waals surface area contributed by atoms with Crippen LogP contribution in [0.5, 0.6) is 0 Å². The number of allylic oxidation sites excluding steroid dienone is 1. The third-order valence-electron chi connectivity index (χ3n) is 4.73. The van der Waals surface area contributed by atoms with Gasteiger partial charge in [0.1, 0.15) is 19.3 Å². The van der Waals surface area contributed by atoms with E-state index in [1.54, 1.807) is 0 Å². The number of unbranched alkanes of at least 4 members (excludes halogenated alkanes) is 8. The second kappa shape index (κ2) is 14.6. The molecule has 0 bridgehead atoms. The SMILES string of the molecule is CCCCCCCCCCC=COC[C@H](O)[C@H]1OC(=O)C(OP(=O)(O)O)=C1OCC(C)(C)O. The summed E-state index contributed by atoms with van der Waals surface area (Å²) in [6, 6.07) is 0. The van der Waals surface area contributed by atoms with Crippen molar-refractivity contribution in [3.05, 3.63) is 23.9 Å². The summed E-state index contributed by atoms with van der Waals surface area (Å²) < 4.78 is 31.2. The highest BCUT2D eigenvalue weighted by molar-refractivity contribution is 7.46. The predicted molar refractivity (Wildman–Crippen MR) is 121 cm³/mol. The van der Waals surface area contributed by atoms with E-state index in [0.717, 1.165) is 19.3 Å². The minimum atomic E-state index is -5.09. The maximum absolute atomic E-state index is 12.0. The van der Waals surface area contributed by atoms with E-state index >= 15 is 0 Å². The van der Waals surface area contributed by atoms with Crippen molar-refractivity contribution in [2.45, 2.75) is 96.4 Å². The fourth-order valence-corrected chi connectivity index (χ4v) is 3.48. The summed E-state index contributed by atoms with van der Waals surface area (Å²) in [7, 11) is -5.09. The van der Waals surface area contributed by atoms with Crippen LogP contribution in [0.4, 0.5) is 0 Å². The molecule has 10 nitrogen and oxygen atoms in total. The van der Waals surface area contributed by atoms with Crippen molar-refractivity contribution < 1.29 is 48.1 Å². The first kappa shape index (κ1) is 29.5. The van der Waals surface area contributed by atoms with Crippen molar-refractivity contribution in [1.29, 1.82) is 0 Å². The summed E-state index contributed by atoms with van der Waals surface area (Å²) in [5.74, 6) is -2.45. The highest BCUT2D eigenvalue weighted by Gasteiger charge is 2.45. The Kier molecular flexibility index (Phi) is 13.1. The fraction of sp³-hybridized carbons (Fsp3) is 0.773. The topological polar surface area (TPSA) is 152 Å². The van der Waals surface area contributed by atoms with Gasteiger partial charge in [0.25, 0.3) is 5.76 Å². The maximum Gasteiger partial charge on any atom is 0.525 e. The molecule has 2 atom stereocenters. The third-order valence-corrected chi connectivity index (χ3v) is 5.15. The first-order valence-corrected chi connectivity index (χ1v) is 13.0. The summed E-state index contributed by atoms with van der Waals surface area (Å²) >= 11 is 0. The molecular formula is C22H39O10P. The van der Waals surface area contributed by atoms with Gasteiger partial charge < -0.3 is 28.9 Å². The van der Waals surface area contributed by atoms with Crippen LogP contribution in [0.25, 0.3) is 0 Å². The number of carbonyl (C=O) groups is 1. The van der Waals surface area contributed by atoms with Crippen molar-refractivity contribution in [3.63, 3.8) is 0 Å². The standard InChI is InChI=1S/C22H39O10P/c1-4-5-6-7-8-9-10-11-12-13-14-29-15-17(23)18-19(30-16-22(2,3)25)20(21(24)31-18)32-33(26,27)28/h13-14,17-18,23,25H,4-12,15-16H2,1-3H3,(H2,26,27,28)/t17-,18+/m0/s1. The van der Waals surface area contributed by atoms with Gasteiger partial charge >= 0.3 is 13.8 Å². The largest absolute Gasteiger partial charge is 0.525 e. The maximum atomic E-state index is 12.0. The van der Waals surface area contributed by atoms with Crippen LogP contribution in [-0.2, 0) is 28.1 Å². The third kappa shape index (κ3) is 13.0. The van der Waals surface area contributed by atoms with Crippen molar-refractivity contribution in [3.8, 4) is 0 Å². The number of hydrogen-bond acceptors (Lipinski definition) is 8. The molecule has 192 valence electrons. The molecule has 1 rings (SSSR count). The van der Waals surface area contributed by atoms with Crippen LogP contribution in [0, 0.1) is 0 Å². The number of hydrogen-bond donors (Lipinski definition) is 4. The van der Waals surface area contributed by atoms with E-state index in [0.29, 0.717) is 0 Å². The Balaban J connectivity index is 2.50. The van der Waals surface area contributed by atoms with Gasteiger partial charge in [-0.25, -0.2) is 9.36 Å². The molecule has 0 unspecified atom stereocenters. The molecule has 1 heterocycles. The minimum Gasteiger partial charge on any atom is -0.499 e. The lowest BCUT2D eigenvalue weighted by molar-refractivity contribution is -0.148. The lowest BCUT2D eigenvalue weighted by atomic mass is 10.1. The molecule has 0 spiro atoms. The number of cyclic esters (lactones) is 1. The minimum absolute atomic E-state index is 0.259. The number of aliphatic hydroxyl groups excluding tert-OH is 1. The first-order valence-electron chi connectivity index (χ1n) is 11.4. The summed E-state index contributed by atoms with van der Waals surface area (Å²) in [5, 5.41) is 20.2. The second-order valence-electron chi connectivity index (χ2n) is 8.74. The molecular weight excluding hydrogens is 455 g/mol.